The van der Waals surface area contributed by atoms with Gasteiger partial charge in [-0.05, 0) is 44.8 Å². The largest absolute Gasteiger partial charge is 0.368 e. The molecule has 1 N–H and O–H groups in total. The van der Waals surface area contributed by atoms with E-state index in [9.17, 15) is 9.59 Å². The van der Waals surface area contributed by atoms with Crippen LogP contribution >= 0.6 is 0 Å². The summed E-state index contributed by atoms with van der Waals surface area (Å²) < 4.78 is 7.35. The summed E-state index contributed by atoms with van der Waals surface area (Å²) in [6.07, 6.45) is 6.58. The summed E-state index contributed by atoms with van der Waals surface area (Å²) in [6, 6.07) is 1.87. The number of aromatic nitrogens is 2. The third-order valence-corrected chi connectivity index (χ3v) is 5.86. The Labute approximate surface area is 153 Å². The number of piperazine rings is 1. The van der Waals surface area contributed by atoms with Crippen molar-refractivity contribution in [1.29, 1.82) is 0 Å². The Morgan fingerprint density at radius 3 is 2.46 bits per heavy atom. The molecule has 0 bridgehead atoms. The highest BCUT2D eigenvalue weighted by Crippen LogP contribution is 2.30. The molecule has 0 aromatic carbocycles. The molecular formula is C18H27N5O3. The second-order valence-corrected chi connectivity index (χ2v) is 7.35. The fourth-order valence-corrected chi connectivity index (χ4v) is 4.30. The number of ether oxygens (including phenoxy) is 1. The summed E-state index contributed by atoms with van der Waals surface area (Å²) >= 11 is 0. The van der Waals surface area contributed by atoms with Gasteiger partial charge in [0.15, 0.2) is 0 Å². The minimum atomic E-state index is -0.602. The van der Waals surface area contributed by atoms with Gasteiger partial charge in [-0.25, -0.2) is 0 Å². The van der Waals surface area contributed by atoms with E-state index in [1.807, 2.05) is 26.7 Å². The summed E-state index contributed by atoms with van der Waals surface area (Å²) in [7, 11) is 0. The minimum Gasteiger partial charge on any atom is -0.368 e. The molecule has 8 nitrogen and oxygen atoms in total. The molecule has 3 aliphatic rings. The van der Waals surface area contributed by atoms with E-state index in [0.29, 0.717) is 32.8 Å². The van der Waals surface area contributed by atoms with Crippen LogP contribution in [0.25, 0.3) is 0 Å². The average molecular weight is 361 g/mol. The zero-order valence-electron chi connectivity index (χ0n) is 15.1. The maximum Gasteiger partial charge on any atom is 0.251 e. The van der Waals surface area contributed by atoms with Gasteiger partial charge in [0.2, 0.25) is 0 Å². The van der Waals surface area contributed by atoms with Crippen molar-refractivity contribution in [2.24, 2.45) is 0 Å². The van der Waals surface area contributed by atoms with Gasteiger partial charge in [0, 0.05) is 45.2 Å². The second-order valence-electron chi connectivity index (χ2n) is 7.35. The highest BCUT2D eigenvalue weighted by molar-refractivity contribution is 5.85. The minimum absolute atomic E-state index is 0.0817. The van der Waals surface area contributed by atoms with Crippen molar-refractivity contribution >= 4 is 11.8 Å². The van der Waals surface area contributed by atoms with E-state index in [0.717, 1.165) is 38.8 Å². The molecule has 26 heavy (non-hydrogen) atoms. The first kappa shape index (κ1) is 17.5. The van der Waals surface area contributed by atoms with E-state index >= 15 is 0 Å². The van der Waals surface area contributed by atoms with Gasteiger partial charge in [-0.2, -0.15) is 5.10 Å². The molecule has 0 radical (unpaired) electrons. The number of hydrogen-bond acceptors (Lipinski definition) is 5. The average Bonchev–Trinajstić information content (AvgIpc) is 3.41. The number of amides is 2. The van der Waals surface area contributed by atoms with Crippen LogP contribution in [0, 0.1) is 0 Å². The van der Waals surface area contributed by atoms with E-state index in [4.69, 9.17) is 4.74 Å². The number of rotatable bonds is 3. The van der Waals surface area contributed by atoms with Crippen LogP contribution in [0.2, 0.25) is 0 Å². The van der Waals surface area contributed by atoms with Gasteiger partial charge in [-0.15, -0.1) is 0 Å². The Hall–Kier alpha value is -1.93. The molecule has 3 saturated heterocycles. The molecule has 2 amide bonds. The fourth-order valence-electron chi connectivity index (χ4n) is 4.30. The van der Waals surface area contributed by atoms with Crippen LogP contribution in [0.5, 0.6) is 0 Å². The molecule has 3 fully saturated rings. The molecule has 1 atom stereocenters. The molecule has 0 aliphatic carbocycles. The molecule has 4 rings (SSSR count). The Morgan fingerprint density at radius 1 is 1.12 bits per heavy atom. The van der Waals surface area contributed by atoms with Crippen molar-refractivity contribution in [3.63, 3.8) is 0 Å². The zero-order valence-corrected chi connectivity index (χ0v) is 15.1. The van der Waals surface area contributed by atoms with Crippen LogP contribution in [0.3, 0.4) is 0 Å². The van der Waals surface area contributed by atoms with Gasteiger partial charge in [-0.3, -0.25) is 14.3 Å². The van der Waals surface area contributed by atoms with Crippen LogP contribution in [0.1, 0.15) is 25.7 Å². The molecule has 1 unspecified atom stereocenters. The standard InChI is InChI=1S/C18H27N5O3/c24-16(15-3-1-14-26-15)21-10-12-22(13-11-21)17(25)18(4-7-19-8-5-18)23-9-2-6-20-23/h2,6,9,15,19H,1,3-5,7-8,10-14H2. The van der Waals surface area contributed by atoms with Crippen LogP contribution in [0.4, 0.5) is 0 Å². The molecule has 8 heteroatoms. The summed E-state index contributed by atoms with van der Waals surface area (Å²) in [5.74, 6) is 0.213. The first-order valence-corrected chi connectivity index (χ1v) is 9.61. The van der Waals surface area contributed by atoms with Crippen LogP contribution in [-0.4, -0.2) is 83.4 Å². The Balaban J connectivity index is 1.43. The molecule has 0 saturated carbocycles. The number of piperidine rings is 1. The van der Waals surface area contributed by atoms with E-state index in [1.54, 1.807) is 6.20 Å². The van der Waals surface area contributed by atoms with Gasteiger partial charge in [-0.1, -0.05) is 0 Å². The normalized spacial score (nSPS) is 26.1. The number of hydrogen-bond donors (Lipinski definition) is 1. The maximum absolute atomic E-state index is 13.4. The zero-order chi connectivity index (χ0) is 18.0. The SMILES string of the molecule is O=C(C1CCCO1)N1CCN(C(=O)C2(n3cccn3)CCNCC2)CC1. The summed E-state index contributed by atoms with van der Waals surface area (Å²) in [5.41, 5.74) is -0.602. The van der Waals surface area contributed by atoms with Gasteiger partial charge < -0.3 is 19.9 Å². The highest BCUT2D eigenvalue weighted by atomic mass is 16.5. The van der Waals surface area contributed by atoms with E-state index in [1.165, 1.54) is 0 Å². The lowest BCUT2D eigenvalue weighted by atomic mass is 9.86. The quantitative estimate of drug-likeness (QED) is 0.807. The van der Waals surface area contributed by atoms with Crippen LogP contribution in [-0.2, 0) is 19.9 Å². The Bertz CT molecular complexity index is 627. The lowest BCUT2D eigenvalue weighted by molar-refractivity contribution is -0.150. The van der Waals surface area contributed by atoms with Gasteiger partial charge >= 0.3 is 0 Å². The number of nitrogens with one attached hydrogen (secondary N) is 1. The molecule has 3 aliphatic heterocycles. The predicted octanol–water partition coefficient (Wildman–Crippen LogP) is -0.188. The topological polar surface area (TPSA) is 79.7 Å². The van der Waals surface area contributed by atoms with Crippen molar-refractivity contribution in [3.8, 4) is 0 Å². The lowest BCUT2D eigenvalue weighted by Gasteiger charge is -2.43. The first-order valence-electron chi connectivity index (χ1n) is 9.61. The van der Waals surface area contributed by atoms with Gasteiger partial charge in [0.05, 0.1) is 0 Å². The molecule has 1 aromatic rings. The van der Waals surface area contributed by atoms with Crippen molar-refractivity contribution in [2.45, 2.75) is 37.3 Å². The lowest BCUT2D eigenvalue weighted by Crippen LogP contribution is -2.60. The van der Waals surface area contributed by atoms with E-state index in [-0.39, 0.29) is 17.9 Å². The molecule has 4 heterocycles. The molecule has 0 spiro atoms. The van der Waals surface area contributed by atoms with Crippen molar-refractivity contribution in [1.82, 2.24) is 24.9 Å². The number of nitrogens with zero attached hydrogens (tertiary/aromatic N) is 4. The predicted molar refractivity (Wildman–Crippen MR) is 94.4 cm³/mol. The Morgan fingerprint density at radius 2 is 1.85 bits per heavy atom. The molecule has 1 aromatic heterocycles. The van der Waals surface area contributed by atoms with Crippen LogP contribution < -0.4 is 5.32 Å². The van der Waals surface area contributed by atoms with Crippen LogP contribution in [0.15, 0.2) is 18.5 Å². The highest BCUT2D eigenvalue weighted by Gasteiger charge is 2.45. The monoisotopic (exact) mass is 361 g/mol. The van der Waals surface area contributed by atoms with Gasteiger partial charge in [0.1, 0.15) is 11.6 Å². The number of carbonyl (C=O) groups is 2. The van der Waals surface area contributed by atoms with Gasteiger partial charge in [0.25, 0.3) is 11.8 Å². The summed E-state index contributed by atoms with van der Waals surface area (Å²) in [5, 5.41) is 7.72. The summed E-state index contributed by atoms with van der Waals surface area (Å²) in [4.78, 5) is 29.7. The van der Waals surface area contributed by atoms with Crippen molar-refractivity contribution < 1.29 is 14.3 Å². The third kappa shape index (κ3) is 3.12. The molecular weight excluding hydrogens is 334 g/mol. The van der Waals surface area contributed by atoms with Crippen molar-refractivity contribution in [3.05, 3.63) is 18.5 Å². The number of carbonyl (C=O) groups excluding carboxylic acids is 2. The fraction of sp³-hybridized carbons (Fsp3) is 0.722. The molecule has 142 valence electrons. The first-order chi connectivity index (χ1) is 12.7. The Kier molecular flexibility index (Phi) is 4.95. The van der Waals surface area contributed by atoms with E-state index in [2.05, 4.69) is 10.4 Å². The smallest absolute Gasteiger partial charge is 0.251 e. The summed E-state index contributed by atoms with van der Waals surface area (Å²) in [6.45, 7) is 4.61. The van der Waals surface area contributed by atoms with E-state index < -0.39 is 5.54 Å². The maximum atomic E-state index is 13.4. The van der Waals surface area contributed by atoms with Crippen molar-refractivity contribution in [2.75, 3.05) is 45.9 Å². The second kappa shape index (κ2) is 7.36. The third-order valence-electron chi connectivity index (χ3n) is 5.86.